The van der Waals surface area contributed by atoms with Gasteiger partial charge in [0, 0.05) is 6.04 Å². The molecule has 0 heterocycles. The van der Waals surface area contributed by atoms with Crippen molar-refractivity contribution in [3.8, 4) is 0 Å². The van der Waals surface area contributed by atoms with Gasteiger partial charge in [0.2, 0.25) is 0 Å². The third-order valence-corrected chi connectivity index (χ3v) is 3.14. The van der Waals surface area contributed by atoms with Crippen LogP contribution in [-0.2, 0) is 0 Å². The average molecular weight is 151 g/mol. The summed E-state index contributed by atoms with van der Waals surface area (Å²) in [5.41, 5.74) is 7.65. The smallest absolute Gasteiger partial charge is 0.0284 e. The molecule has 0 saturated heterocycles. The van der Waals surface area contributed by atoms with Crippen LogP contribution in [0, 0.1) is 11.8 Å². The first-order valence-electron chi connectivity index (χ1n) is 4.73. The van der Waals surface area contributed by atoms with Crippen molar-refractivity contribution in [1.29, 1.82) is 0 Å². The molecule has 11 heavy (non-hydrogen) atoms. The molecule has 0 amide bonds. The maximum atomic E-state index is 6.11. The van der Waals surface area contributed by atoms with E-state index < -0.39 is 0 Å². The Hall–Kier alpha value is -0.300. The van der Waals surface area contributed by atoms with Gasteiger partial charge < -0.3 is 5.73 Å². The zero-order chi connectivity index (χ0) is 7.84. The molecule has 1 saturated carbocycles. The summed E-state index contributed by atoms with van der Waals surface area (Å²) >= 11 is 0. The van der Waals surface area contributed by atoms with Gasteiger partial charge in [0.05, 0.1) is 0 Å². The van der Waals surface area contributed by atoms with Gasteiger partial charge in [-0.15, -0.1) is 0 Å². The fourth-order valence-corrected chi connectivity index (χ4v) is 2.12. The van der Waals surface area contributed by atoms with Crippen LogP contribution < -0.4 is 5.73 Å². The van der Waals surface area contributed by atoms with E-state index in [0.717, 1.165) is 11.8 Å². The summed E-state index contributed by atoms with van der Waals surface area (Å²) < 4.78 is 0. The first-order chi connectivity index (χ1) is 5.29. The number of allylic oxidation sites excluding steroid dienone is 1. The Labute approximate surface area is 68.7 Å². The Morgan fingerprint density at radius 2 is 2.36 bits per heavy atom. The molecule has 2 aliphatic carbocycles. The third-order valence-electron chi connectivity index (χ3n) is 3.14. The van der Waals surface area contributed by atoms with Gasteiger partial charge in [0.15, 0.2) is 0 Å². The molecule has 0 bridgehead atoms. The molecular weight excluding hydrogens is 134 g/mol. The molecule has 0 aromatic carbocycles. The molecule has 0 radical (unpaired) electrons. The first kappa shape index (κ1) is 7.35. The van der Waals surface area contributed by atoms with E-state index in [1.54, 1.807) is 5.57 Å². The van der Waals surface area contributed by atoms with Gasteiger partial charge in [0.25, 0.3) is 0 Å². The van der Waals surface area contributed by atoms with Crippen molar-refractivity contribution in [3.63, 3.8) is 0 Å². The van der Waals surface area contributed by atoms with Gasteiger partial charge in [-0.3, -0.25) is 0 Å². The van der Waals surface area contributed by atoms with Crippen molar-refractivity contribution in [2.45, 2.75) is 38.6 Å². The van der Waals surface area contributed by atoms with E-state index in [0.29, 0.717) is 6.04 Å². The highest BCUT2D eigenvalue weighted by atomic mass is 14.7. The predicted octanol–water partition coefficient (Wildman–Crippen LogP) is 2.08. The van der Waals surface area contributed by atoms with E-state index in [1.165, 1.54) is 25.7 Å². The lowest BCUT2D eigenvalue weighted by Crippen LogP contribution is -2.24. The molecular formula is C10H17N. The average Bonchev–Trinajstić information content (AvgIpc) is 2.56. The van der Waals surface area contributed by atoms with Crippen molar-refractivity contribution in [2.75, 3.05) is 0 Å². The summed E-state index contributed by atoms with van der Waals surface area (Å²) in [7, 11) is 0. The summed E-state index contributed by atoms with van der Waals surface area (Å²) in [5.74, 6) is 1.71. The Morgan fingerprint density at radius 3 is 2.82 bits per heavy atom. The molecule has 1 nitrogen and oxygen atoms in total. The van der Waals surface area contributed by atoms with E-state index in [1.807, 2.05) is 0 Å². The molecule has 2 aliphatic rings. The normalized spacial score (nSPS) is 38.5. The maximum Gasteiger partial charge on any atom is 0.0284 e. The van der Waals surface area contributed by atoms with Crippen molar-refractivity contribution in [2.24, 2.45) is 17.6 Å². The maximum absolute atomic E-state index is 6.11. The Balaban J connectivity index is 1.94. The van der Waals surface area contributed by atoms with Gasteiger partial charge in [-0.2, -0.15) is 0 Å². The first-order valence-corrected chi connectivity index (χ1v) is 4.73. The fourth-order valence-electron chi connectivity index (χ4n) is 2.12. The monoisotopic (exact) mass is 151 g/mol. The topological polar surface area (TPSA) is 26.0 Å². The van der Waals surface area contributed by atoms with Crippen LogP contribution in [0.4, 0.5) is 0 Å². The highest BCUT2D eigenvalue weighted by molar-refractivity contribution is 5.18. The van der Waals surface area contributed by atoms with Crippen molar-refractivity contribution >= 4 is 0 Å². The van der Waals surface area contributed by atoms with E-state index in [2.05, 4.69) is 13.0 Å². The van der Waals surface area contributed by atoms with E-state index >= 15 is 0 Å². The Morgan fingerprint density at radius 1 is 1.64 bits per heavy atom. The molecule has 0 aliphatic heterocycles. The van der Waals surface area contributed by atoms with Crippen molar-refractivity contribution < 1.29 is 0 Å². The van der Waals surface area contributed by atoms with Crippen LogP contribution >= 0.6 is 0 Å². The van der Waals surface area contributed by atoms with Crippen LogP contribution in [0.1, 0.15) is 32.6 Å². The van der Waals surface area contributed by atoms with Gasteiger partial charge in [-0.25, -0.2) is 0 Å². The summed E-state index contributed by atoms with van der Waals surface area (Å²) in [6.07, 6.45) is 7.59. The molecule has 0 aromatic heterocycles. The zero-order valence-corrected chi connectivity index (χ0v) is 7.22. The number of hydrogen-bond donors (Lipinski definition) is 1. The van der Waals surface area contributed by atoms with Crippen LogP contribution in [0.5, 0.6) is 0 Å². The molecule has 2 rings (SSSR count). The van der Waals surface area contributed by atoms with E-state index in [-0.39, 0.29) is 0 Å². The van der Waals surface area contributed by atoms with Crippen molar-refractivity contribution in [1.82, 2.24) is 0 Å². The van der Waals surface area contributed by atoms with E-state index in [9.17, 15) is 0 Å². The fraction of sp³-hybridized carbons (Fsp3) is 0.800. The lowest BCUT2D eigenvalue weighted by atomic mass is 10.0. The second-order valence-electron chi connectivity index (χ2n) is 4.07. The van der Waals surface area contributed by atoms with Gasteiger partial charge in [0.1, 0.15) is 0 Å². The largest absolute Gasteiger partial charge is 0.324 e. The lowest BCUT2D eigenvalue weighted by Gasteiger charge is -2.11. The standard InChI is InChI=1S/C10H17N/c1-7-6-9(7)10(11)8-4-2-3-5-8/h4,7,9-10H,2-3,5-6,11H2,1H3. The lowest BCUT2D eigenvalue weighted by molar-refractivity contribution is 0.615. The zero-order valence-electron chi connectivity index (χ0n) is 7.22. The molecule has 3 unspecified atom stereocenters. The molecule has 1 fully saturated rings. The minimum atomic E-state index is 0.410. The minimum absolute atomic E-state index is 0.410. The SMILES string of the molecule is CC1CC1C(N)C1=CCCC1. The number of rotatable bonds is 2. The molecule has 3 atom stereocenters. The van der Waals surface area contributed by atoms with Gasteiger partial charge >= 0.3 is 0 Å². The van der Waals surface area contributed by atoms with Crippen LogP contribution in [0.15, 0.2) is 11.6 Å². The van der Waals surface area contributed by atoms with Crippen LogP contribution in [-0.4, -0.2) is 6.04 Å². The Kier molecular flexibility index (Phi) is 1.76. The summed E-state index contributed by atoms with van der Waals surface area (Å²) in [6.45, 7) is 2.31. The third kappa shape index (κ3) is 1.34. The summed E-state index contributed by atoms with van der Waals surface area (Å²) in [4.78, 5) is 0. The van der Waals surface area contributed by atoms with E-state index in [4.69, 9.17) is 5.73 Å². The highest BCUT2D eigenvalue weighted by Gasteiger charge is 2.39. The van der Waals surface area contributed by atoms with Crippen molar-refractivity contribution in [3.05, 3.63) is 11.6 Å². The van der Waals surface area contributed by atoms with Crippen LogP contribution in [0.2, 0.25) is 0 Å². The van der Waals surface area contributed by atoms with Crippen LogP contribution in [0.25, 0.3) is 0 Å². The van der Waals surface area contributed by atoms with Gasteiger partial charge in [-0.05, 0) is 37.5 Å². The number of hydrogen-bond acceptors (Lipinski definition) is 1. The predicted molar refractivity (Wildman–Crippen MR) is 47.2 cm³/mol. The molecule has 62 valence electrons. The van der Waals surface area contributed by atoms with Gasteiger partial charge in [-0.1, -0.05) is 18.6 Å². The highest BCUT2D eigenvalue weighted by Crippen LogP contribution is 2.43. The summed E-state index contributed by atoms with van der Waals surface area (Å²) in [5, 5.41) is 0. The molecule has 0 aromatic rings. The molecule has 1 heteroatoms. The van der Waals surface area contributed by atoms with Crippen LogP contribution in [0.3, 0.4) is 0 Å². The second kappa shape index (κ2) is 2.63. The number of nitrogens with two attached hydrogens (primary N) is 1. The molecule has 2 N–H and O–H groups in total. The Bertz CT molecular complexity index is 183. The second-order valence-corrected chi connectivity index (χ2v) is 4.07. The quantitative estimate of drug-likeness (QED) is 0.601. The summed E-state index contributed by atoms with van der Waals surface area (Å²) in [6, 6.07) is 0.410. The molecule has 0 spiro atoms. The minimum Gasteiger partial charge on any atom is -0.324 e.